The molecule has 2 aliphatic heterocycles. The quantitative estimate of drug-likeness (QED) is 0.781. The van der Waals surface area contributed by atoms with E-state index in [0.717, 1.165) is 28.0 Å². The van der Waals surface area contributed by atoms with Crippen LogP contribution in [0.15, 0.2) is 65.4 Å². The number of fused-ring (bicyclic) bond motifs is 4. The van der Waals surface area contributed by atoms with Gasteiger partial charge in [0.05, 0.1) is 16.9 Å². The summed E-state index contributed by atoms with van der Waals surface area (Å²) in [7, 11) is 0. The predicted octanol–water partition coefficient (Wildman–Crippen LogP) is 2.65. The smallest absolute Gasteiger partial charge is 0.248 e. The highest BCUT2D eigenvalue weighted by Crippen LogP contribution is 2.38. The summed E-state index contributed by atoms with van der Waals surface area (Å²) in [6.45, 7) is 0. The second kappa shape index (κ2) is 3.62. The number of nitrogens with one attached hydrogen (secondary N) is 1. The van der Waals surface area contributed by atoms with Crippen molar-refractivity contribution in [3.8, 4) is 5.75 Å². The second-order valence-electron chi connectivity index (χ2n) is 4.46. The van der Waals surface area contributed by atoms with Crippen LogP contribution in [0.5, 0.6) is 5.75 Å². The molecule has 0 aliphatic carbocycles. The maximum absolute atomic E-state index is 11.3. The predicted molar refractivity (Wildman–Crippen MR) is 74.0 cm³/mol. The molecule has 0 radical (unpaired) electrons. The van der Waals surface area contributed by atoms with E-state index in [9.17, 15) is 4.79 Å². The normalized spacial score (nSPS) is 15.8. The highest BCUT2D eigenvalue weighted by Gasteiger charge is 2.20. The highest BCUT2D eigenvalue weighted by atomic mass is 16.5. The Morgan fingerprint density at radius 1 is 1.16 bits per heavy atom. The van der Waals surface area contributed by atoms with Crippen molar-refractivity contribution in [3.05, 3.63) is 71.0 Å². The first-order chi connectivity index (χ1) is 9.31. The molecule has 92 valence electrons. The Labute approximate surface area is 108 Å². The molecule has 4 nitrogen and oxygen atoms in total. The number of allylic oxidation sites excluding steroid dienone is 3. The Hall–Kier alpha value is -2.75. The van der Waals surface area contributed by atoms with E-state index in [0.29, 0.717) is 0 Å². The van der Waals surface area contributed by atoms with E-state index in [4.69, 9.17) is 4.74 Å². The number of hydrogen-bond donors (Lipinski definition) is 1. The molecule has 2 aliphatic rings. The number of aromatic nitrogens is 1. The molecule has 4 heteroatoms. The molecule has 1 aromatic heterocycles. The Balaban J connectivity index is 1.98. The van der Waals surface area contributed by atoms with Gasteiger partial charge in [0.25, 0.3) is 0 Å². The molecule has 1 N–H and O–H groups in total. The molecule has 0 saturated carbocycles. The monoisotopic (exact) mass is 250 g/mol. The van der Waals surface area contributed by atoms with E-state index in [1.165, 1.54) is 6.07 Å². The second-order valence-corrected chi connectivity index (χ2v) is 4.46. The maximum Gasteiger partial charge on any atom is 0.248 e. The van der Waals surface area contributed by atoms with Crippen LogP contribution in [-0.4, -0.2) is 4.98 Å². The molecular weight excluding hydrogens is 240 g/mol. The Bertz CT molecular complexity index is 828. The lowest BCUT2D eigenvalue weighted by molar-refractivity contribution is 0.468. The molecular formula is C15H10N2O2. The number of pyridine rings is 1. The first-order valence-corrected chi connectivity index (χ1v) is 5.99. The number of H-pyrrole nitrogens is 1. The third kappa shape index (κ3) is 1.50. The summed E-state index contributed by atoms with van der Waals surface area (Å²) < 4.78 is 5.63. The van der Waals surface area contributed by atoms with E-state index in [-0.39, 0.29) is 5.56 Å². The van der Waals surface area contributed by atoms with Gasteiger partial charge in [-0.25, -0.2) is 0 Å². The lowest BCUT2D eigenvalue weighted by Crippen LogP contribution is -2.20. The molecule has 0 unspecified atom stereocenters. The Morgan fingerprint density at radius 3 is 3.05 bits per heavy atom. The van der Waals surface area contributed by atoms with Crippen LogP contribution in [-0.2, 0) is 0 Å². The van der Waals surface area contributed by atoms with E-state index >= 15 is 0 Å². The summed E-state index contributed by atoms with van der Waals surface area (Å²) >= 11 is 0. The van der Waals surface area contributed by atoms with Crippen molar-refractivity contribution in [2.45, 2.75) is 0 Å². The Kier molecular flexibility index (Phi) is 1.94. The van der Waals surface area contributed by atoms with Gasteiger partial charge in [-0.1, -0.05) is 6.08 Å². The fraction of sp³-hybridized carbons (Fsp3) is 0. The highest BCUT2D eigenvalue weighted by molar-refractivity contribution is 5.87. The average Bonchev–Trinajstić information content (AvgIpc) is 2.45. The average molecular weight is 250 g/mol. The minimum absolute atomic E-state index is 0.111. The molecule has 4 rings (SSSR count). The number of rotatable bonds is 0. The molecule has 1 aromatic carbocycles. The number of aromatic amines is 1. The van der Waals surface area contributed by atoms with Gasteiger partial charge < -0.3 is 14.6 Å². The van der Waals surface area contributed by atoms with Crippen LogP contribution in [0, 0.1) is 0 Å². The van der Waals surface area contributed by atoms with Gasteiger partial charge in [-0.3, -0.25) is 4.79 Å². The zero-order chi connectivity index (χ0) is 12.8. The summed E-state index contributed by atoms with van der Waals surface area (Å²) in [6, 6.07) is 7.21. The summed E-state index contributed by atoms with van der Waals surface area (Å²) in [6.07, 6.45) is 9.62. The van der Waals surface area contributed by atoms with Crippen LogP contribution in [0.25, 0.3) is 10.9 Å². The van der Waals surface area contributed by atoms with Gasteiger partial charge >= 0.3 is 0 Å². The third-order valence-electron chi connectivity index (χ3n) is 3.26. The number of nitrogens with zero attached hydrogens (tertiary/aromatic N) is 1. The van der Waals surface area contributed by atoms with E-state index < -0.39 is 0 Å². The van der Waals surface area contributed by atoms with Crippen molar-refractivity contribution in [2.24, 2.45) is 0 Å². The summed E-state index contributed by atoms with van der Waals surface area (Å²) in [5, 5.41) is 0.978. The van der Waals surface area contributed by atoms with Crippen molar-refractivity contribution >= 4 is 16.6 Å². The molecule has 0 atom stereocenters. The van der Waals surface area contributed by atoms with Gasteiger partial charge in [0, 0.05) is 23.7 Å². The van der Waals surface area contributed by atoms with Crippen molar-refractivity contribution in [3.63, 3.8) is 0 Å². The van der Waals surface area contributed by atoms with Crippen LogP contribution < -0.4 is 15.2 Å². The minimum Gasteiger partial charge on any atom is -0.461 e. The number of ether oxygens (including phenoxy) is 1. The minimum atomic E-state index is -0.111. The summed E-state index contributed by atoms with van der Waals surface area (Å²) in [5.41, 5.74) is 2.62. The standard InChI is InChI=1S/C15H10N2O2/c18-15-5-4-10-7-13-14(8-12(10)16-15)19-9-11-3-1-2-6-17(11)13/h1-9H,(H,16,18). The molecule has 0 spiro atoms. The first-order valence-electron chi connectivity index (χ1n) is 5.99. The van der Waals surface area contributed by atoms with E-state index in [1.54, 1.807) is 6.26 Å². The lowest BCUT2D eigenvalue weighted by atomic mass is 10.1. The van der Waals surface area contributed by atoms with Gasteiger partial charge in [-0.2, -0.15) is 0 Å². The van der Waals surface area contributed by atoms with Crippen molar-refractivity contribution < 1.29 is 4.74 Å². The van der Waals surface area contributed by atoms with Gasteiger partial charge in [0.15, 0.2) is 5.75 Å². The fourth-order valence-electron chi connectivity index (χ4n) is 2.35. The largest absolute Gasteiger partial charge is 0.461 e. The molecule has 3 heterocycles. The van der Waals surface area contributed by atoms with Crippen molar-refractivity contribution in [2.75, 3.05) is 4.90 Å². The van der Waals surface area contributed by atoms with Gasteiger partial charge in [0.2, 0.25) is 5.56 Å². The van der Waals surface area contributed by atoms with Crippen LogP contribution in [0.1, 0.15) is 0 Å². The molecule has 0 saturated heterocycles. The SMILES string of the molecule is O=c1ccc2cc3c(cc2[nH]1)OC=C1C=CC=CN13. The van der Waals surface area contributed by atoms with Crippen LogP contribution in [0.4, 0.5) is 5.69 Å². The fourth-order valence-corrected chi connectivity index (χ4v) is 2.35. The van der Waals surface area contributed by atoms with Crippen LogP contribution in [0.3, 0.4) is 0 Å². The molecule has 0 bridgehead atoms. The molecule has 2 aromatic rings. The van der Waals surface area contributed by atoms with Gasteiger partial charge in [-0.05, 0) is 24.3 Å². The summed E-state index contributed by atoms with van der Waals surface area (Å²) in [4.78, 5) is 16.2. The van der Waals surface area contributed by atoms with Crippen LogP contribution >= 0.6 is 0 Å². The van der Waals surface area contributed by atoms with Crippen LogP contribution in [0.2, 0.25) is 0 Å². The Morgan fingerprint density at radius 2 is 2.11 bits per heavy atom. The maximum atomic E-state index is 11.3. The molecule has 0 fully saturated rings. The number of hydrogen-bond acceptors (Lipinski definition) is 3. The van der Waals surface area contributed by atoms with Gasteiger partial charge in [0.1, 0.15) is 6.26 Å². The van der Waals surface area contributed by atoms with Crippen molar-refractivity contribution in [1.82, 2.24) is 4.98 Å². The number of anilines is 1. The number of benzene rings is 1. The third-order valence-corrected chi connectivity index (χ3v) is 3.26. The van der Waals surface area contributed by atoms with Crippen molar-refractivity contribution in [1.29, 1.82) is 0 Å². The lowest BCUT2D eigenvalue weighted by Gasteiger charge is -2.29. The summed E-state index contributed by atoms with van der Waals surface area (Å²) in [5.74, 6) is 0.734. The van der Waals surface area contributed by atoms with Gasteiger partial charge in [-0.15, -0.1) is 0 Å². The van der Waals surface area contributed by atoms with E-state index in [1.807, 2.05) is 42.6 Å². The zero-order valence-corrected chi connectivity index (χ0v) is 9.96. The molecule has 0 amide bonds. The zero-order valence-electron chi connectivity index (χ0n) is 9.96. The topological polar surface area (TPSA) is 45.3 Å². The molecule has 19 heavy (non-hydrogen) atoms. The van der Waals surface area contributed by atoms with E-state index in [2.05, 4.69) is 9.88 Å². The first kappa shape index (κ1) is 10.2.